The minimum Gasteiger partial charge on any atom is -0.467 e. The average Bonchev–Trinajstić information content (AvgIpc) is 3.38. The van der Waals surface area contributed by atoms with Crippen LogP contribution in [0.1, 0.15) is 57.1 Å². The highest BCUT2D eigenvalue weighted by Crippen LogP contribution is 2.39. The van der Waals surface area contributed by atoms with Gasteiger partial charge in [0.2, 0.25) is 5.76 Å². The van der Waals surface area contributed by atoms with E-state index in [1.165, 1.54) is 5.56 Å². The Kier molecular flexibility index (Phi) is 4.54. The van der Waals surface area contributed by atoms with Crippen LogP contribution in [0, 0.1) is 13.8 Å². The molecule has 5 heteroatoms. The molecule has 0 saturated heterocycles. The number of carbonyl (C=O) groups is 1. The Bertz CT molecular complexity index is 1350. The van der Waals surface area contributed by atoms with Crippen molar-refractivity contribution >= 4 is 16.9 Å². The summed E-state index contributed by atoms with van der Waals surface area (Å²) >= 11 is 0. The summed E-state index contributed by atoms with van der Waals surface area (Å²) in [7, 11) is 0. The third-order valence-electron chi connectivity index (χ3n) is 6.19. The molecular formula is C26H23NO4. The predicted octanol–water partition coefficient (Wildman–Crippen LogP) is 5.31. The molecule has 156 valence electrons. The van der Waals surface area contributed by atoms with Crippen molar-refractivity contribution in [2.24, 2.45) is 0 Å². The topological polar surface area (TPSA) is 63.7 Å². The van der Waals surface area contributed by atoms with E-state index in [-0.39, 0.29) is 23.6 Å². The molecule has 1 atom stereocenters. The normalized spacial score (nSPS) is 15.6. The van der Waals surface area contributed by atoms with E-state index < -0.39 is 6.04 Å². The van der Waals surface area contributed by atoms with Crippen LogP contribution in [-0.4, -0.2) is 10.8 Å². The highest BCUT2D eigenvalue weighted by atomic mass is 16.3. The van der Waals surface area contributed by atoms with Gasteiger partial charge in [0.05, 0.1) is 29.8 Å². The molecule has 2 aromatic carbocycles. The van der Waals surface area contributed by atoms with Crippen molar-refractivity contribution in [2.75, 3.05) is 0 Å². The lowest BCUT2D eigenvalue weighted by atomic mass is 9.96. The van der Waals surface area contributed by atoms with Crippen molar-refractivity contribution in [3.8, 4) is 0 Å². The molecule has 1 aliphatic heterocycles. The maximum atomic E-state index is 13.6. The Morgan fingerprint density at radius 1 is 1.00 bits per heavy atom. The first-order valence-corrected chi connectivity index (χ1v) is 10.5. The fourth-order valence-corrected chi connectivity index (χ4v) is 4.29. The lowest BCUT2D eigenvalue weighted by Crippen LogP contribution is -2.29. The van der Waals surface area contributed by atoms with Crippen molar-refractivity contribution in [1.29, 1.82) is 0 Å². The molecule has 0 radical (unpaired) electrons. The number of aryl methyl sites for hydroxylation is 3. The molecular weight excluding hydrogens is 390 g/mol. The van der Waals surface area contributed by atoms with Gasteiger partial charge in [0.1, 0.15) is 11.3 Å². The van der Waals surface area contributed by atoms with E-state index in [4.69, 9.17) is 8.83 Å². The van der Waals surface area contributed by atoms with Crippen LogP contribution in [0.15, 0.2) is 68.4 Å². The maximum Gasteiger partial charge on any atom is 0.291 e. The first-order valence-electron chi connectivity index (χ1n) is 10.5. The second kappa shape index (κ2) is 7.27. The third kappa shape index (κ3) is 3.08. The summed E-state index contributed by atoms with van der Waals surface area (Å²) in [6, 6.07) is 14.8. The van der Waals surface area contributed by atoms with Gasteiger partial charge in [0, 0.05) is 0 Å². The van der Waals surface area contributed by atoms with Crippen LogP contribution in [0.25, 0.3) is 11.0 Å². The fraction of sp³-hybridized carbons (Fsp3) is 0.231. The fourth-order valence-electron chi connectivity index (χ4n) is 4.29. The molecule has 0 fully saturated rings. The summed E-state index contributed by atoms with van der Waals surface area (Å²) in [6.45, 7) is 6.28. The summed E-state index contributed by atoms with van der Waals surface area (Å²) < 4.78 is 11.6. The smallest absolute Gasteiger partial charge is 0.291 e. The number of furan rings is 1. The Hall–Kier alpha value is -3.60. The second-order valence-electron chi connectivity index (χ2n) is 8.12. The molecule has 0 aliphatic carbocycles. The number of hydrogen-bond donors (Lipinski definition) is 0. The van der Waals surface area contributed by atoms with Gasteiger partial charge in [-0.25, -0.2) is 0 Å². The zero-order chi connectivity index (χ0) is 21.7. The molecule has 0 N–H and O–H groups in total. The molecule has 1 aliphatic rings. The van der Waals surface area contributed by atoms with E-state index in [9.17, 15) is 9.59 Å². The summed E-state index contributed by atoms with van der Waals surface area (Å²) in [4.78, 5) is 28.7. The van der Waals surface area contributed by atoms with Crippen molar-refractivity contribution in [3.63, 3.8) is 0 Å². The van der Waals surface area contributed by atoms with E-state index in [0.29, 0.717) is 22.3 Å². The Labute approximate surface area is 179 Å². The number of amides is 1. The van der Waals surface area contributed by atoms with Crippen LogP contribution in [-0.2, 0) is 13.0 Å². The average molecular weight is 413 g/mol. The van der Waals surface area contributed by atoms with E-state index in [1.807, 2.05) is 56.3 Å². The molecule has 5 nitrogen and oxygen atoms in total. The monoisotopic (exact) mass is 413 g/mol. The molecule has 31 heavy (non-hydrogen) atoms. The number of rotatable bonds is 4. The van der Waals surface area contributed by atoms with Gasteiger partial charge in [0.25, 0.3) is 5.91 Å². The largest absolute Gasteiger partial charge is 0.467 e. The lowest BCUT2D eigenvalue weighted by Gasteiger charge is -2.24. The van der Waals surface area contributed by atoms with Crippen LogP contribution >= 0.6 is 0 Å². The molecule has 3 heterocycles. The Morgan fingerprint density at radius 3 is 2.42 bits per heavy atom. The summed E-state index contributed by atoms with van der Waals surface area (Å²) in [5.41, 5.74) is 4.80. The third-order valence-corrected chi connectivity index (χ3v) is 6.19. The van der Waals surface area contributed by atoms with Crippen LogP contribution in [0.2, 0.25) is 0 Å². The van der Waals surface area contributed by atoms with Crippen LogP contribution in [0.5, 0.6) is 0 Å². The van der Waals surface area contributed by atoms with Gasteiger partial charge in [-0.15, -0.1) is 0 Å². The van der Waals surface area contributed by atoms with Crippen LogP contribution < -0.4 is 5.43 Å². The number of benzene rings is 2. The summed E-state index contributed by atoms with van der Waals surface area (Å²) in [6.07, 6.45) is 2.50. The number of fused-ring (bicyclic) bond motifs is 2. The summed E-state index contributed by atoms with van der Waals surface area (Å²) in [5.74, 6) is 0.477. The second-order valence-corrected chi connectivity index (χ2v) is 8.12. The van der Waals surface area contributed by atoms with Gasteiger partial charge in [0.15, 0.2) is 5.43 Å². The summed E-state index contributed by atoms with van der Waals surface area (Å²) in [5, 5.41) is 0.504. The van der Waals surface area contributed by atoms with Gasteiger partial charge < -0.3 is 13.7 Å². The zero-order valence-corrected chi connectivity index (χ0v) is 17.8. The molecule has 0 spiro atoms. The SMILES string of the molecule is CCc1ccc(C2c3c(oc4cc(C)c(C)cc4c3=O)C(=O)N2Cc2ccco2)cc1. The van der Waals surface area contributed by atoms with Gasteiger partial charge in [-0.1, -0.05) is 31.2 Å². The van der Waals surface area contributed by atoms with Gasteiger partial charge in [-0.2, -0.15) is 0 Å². The molecule has 0 saturated carbocycles. The minimum absolute atomic E-state index is 0.122. The number of carbonyl (C=O) groups excluding carboxylic acids is 1. The first kappa shape index (κ1) is 19.4. The van der Waals surface area contributed by atoms with E-state index >= 15 is 0 Å². The van der Waals surface area contributed by atoms with Crippen LogP contribution in [0.4, 0.5) is 0 Å². The molecule has 0 bridgehead atoms. The zero-order valence-electron chi connectivity index (χ0n) is 17.8. The van der Waals surface area contributed by atoms with E-state index in [2.05, 4.69) is 6.92 Å². The Morgan fingerprint density at radius 2 is 1.74 bits per heavy atom. The standard InChI is InChI=1S/C26H23NO4/c1-4-17-7-9-18(10-8-17)23-22-24(28)20-12-15(2)16(3)13-21(20)31-25(22)26(29)27(23)14-19-6-5-11-30-19/h5-13,23H,4,14H2,1-3H3. The molecule has 2 aromatic heterocycles. The number of hydrogen-bond acceptors (Lipinski definition) is 4. The molecule has 1 amide bonds. The Balaban J connectivity index is 1.74. The van der Waals surface area contributed by atoms with E-state index in [1.54, 1.807) is 17.2 Å². The quantitative estimate of drug-likeness (QED) is 0.455. The van der Waals surface area contributed by atoms with Crippen molar-refractivity contribution < 1.29 is 13.6 Å². The predicted molar refractivity (Wildman–Crippen MR) is 118 cm³/mol. The molecule has 4 aromatic rings. The van der Waals surface area contributed by atoms with Crippen molar-refractivity contribution in [1.82, 2.24) is 4.90 Å². The van der Waals surface area contributed by atoms with Gasteiger partial charge in [-0.3, -0.25) is 9.59 Å². The minimum atomic E-state index is -0.527. The molecule has 5 rings (SSSR count). The highest BCUT2D eigenvalue weighted by molar-refractivity contribution is 5.99. The lowest BCUT2D eigenvalue weighted by molar-refractivity contribution is 0.0701. The molecule has 1 unspecified atom stereocenters. The van der Waals surface area contributed by atoms with Crippen molar-refractivity contribution in [3.05, 3.63) is 104 Å². The van der Waals surface area contributed by atoms with Crippen LogP contribution in [0.3, 0.4) is 0 Å². The van der Waals surface area contributed by atoms with Crippen molar-refractivity contribution in [2.45, 2.75) is 39.8 Å². The maximum absolute atomic E-state index is 13.6. The van der Waals surface area contributed by atoms with Gasteiger partial charge in [-0.05, 0) is 66.8 Å². The van der Waals surface area contributed by atoms with Gasteiger partial charge >= 0.3 is 0 Å². The number of nitrogens with zero attached hydrogens (tertiary/aromatic N) is 1. The highest BCUT2D eigenvalue weighted by Gasteiger charge is 2.43. The first-order chi connectivity index (χ1) is 15.0. The van der Waals surface area contributed by atoms with E-state index in [0.717, 1.165) is 23.1 Å².